The van der Waals surface area contributed by atoms with Crippen molar-refractivity contribution in [1.29, 1.82) is 0 Å². The Morgan fingerprint density at radius 3 is 2.80 bits per heavy atom. The fraction of sp³-hybridized carbons (Fsp3) is 0.182. The van der Waals surface area contributed by atoms with Crippen molar-refractivity contribution < 1.29 is 4.79 Å². The van der Waals surface area contributed by atoms with Crippen LogP contribution in [0.1, 0.15) is 21.5 Å². The maximum atomic E-state index is 10.6. The Balaban J connectivity index is 2.84. The summed E-state index contributed by atoms with van der Waals surface area (Å²) in [5.41, 5.74) is 10.7. The van der Waals surface area contributed by atoms with E-state index in [9.17, 15) is 4.79 Å². The topological polar surface area (TPSA) is 65.8 Å². The van der Waals surface area contributed by atoms with Gasteiger partial charge in [0.05, 0.1) is 0 Å². The third-order valence-corrected chi connectivity index (χ3v) is 1.82. The van der Waals surface area contributed by atoms with Gasteiger partial charge in [0.25, 0.3) is 0 Å². The normalized spacial score (nSPS) is 9.93. The van der Waals surface area contributed by atoms with Gasteiger partial charge in [-0.3, -0.25) is 4.79 Å². The molecule has 76 valence electrons. The number of azide groups is 1. The van der Waals surface area contributed by atoms with Crippen LogP contribution in [0.4, 0.5) is 0 Å². The minimum atomic E-state index is 0.320. The molecule has 0 saturated heterocycles. The van der Waals surface area contributed by atoms with Crippen molar-refractivity contribution in [2.24, 2.45) is 5.11 Å². The second-order valence-electron chi connectivity index (χ2n) is 3.11. The van der Waals surface area contributed by atoms with E-state index in [1.807, 2.05) is 25.1 Å². The molecule has 0 aliphatic rings. The molecule has 0 radical (unpaired) electrons. The van der Waals surface area contributed by atoms with Gasteiger partial charge < -0.3 is 0 Å². The van der Waals surface area contributed by atoms with E-state index in [4.69, 9.17) is 5.53 Å². The molecular formula is C11H11N3O. The van der Waals surface area contributed by atoms with Gasteiger partial charge >= 0.3 is 0 Å². The lowest BCUT2D eigenvalue weighted by Crippen LogP contribution is -1.84. The van der Waals surface area contributed by atoms with Gasteiger partial charge in [-0.25, -0.2) is 0 Å². The van der Waals surface area contributed by atoms with Crippen molar-refractivity contribution in [2.75, 3.05) is 6.54 Å². The monoisotopic (exact) mass is 201 g/mol. The number of aryl methyl sites for hydroxylation is 1. The average molecular weight is 201 g/mol. The van der Waals surface area contributed by atoms with E-state index >= 15 is 0 Å². The van der Waals surface area contributed by atoms with Crippen LogP contribution >= 0.6 is 0 Å². The predicted molar refractivity (Wildman–Crippen MR) is 59.6 cm³/mol. The molecule has 1 aromatic carbocycles. The number of hydrogen-bond acceptors (Lipinski definition) is 2. The average Bonchev–Trinajstić information content (AvgIpc) is 2.23. The summed E-state index contributed by atoms with van der Waals surface area (Å²) < 4.78 is 0. The van der Waals surface area contributed by atoms with Crippen LogP contribution in [0, 0.1) is 6.92 Å². The van der Waals surface area contributed by atoms with E-state index in [0.29, 0.717) is 12.1 Å². The molecule has 0 aliphatic heterocycles. The van der Waals surface area contributed by atoms with Crippen LogP contribution in [0.3, 0.4) is 0 Å². The lowest BCUT2D eigenvalue weighted by atomic mass is 10.1. The zero-order chi connectivity index (χ0) is 11.1. The van der Waals surface area contributed by atoms with Crippen LogP contribution in [-0.2, 0) is 0 Å². The first-order chi connectivity index (χ1) is 7.26. The van der Waals surface area contributed by atoms with Crippen molar-refractivity contribution in [3.8, 4) is 0 Å². The number of benzene rings is 1. The molecule has 0 fully saturated rings. The Bertz CT molecular complexity index is 431. The molecule has 0 bridgehead atoms. The second kappa shape index (κ2) is 5.62. The summed E-state index contributed by atoms with van der Waals surface area (Å²) in [5.74, 6) is 0. The molecule has 15 heavy (non-hydrogen) atoms. The minimum absolute atomic E-state index is 0.320. The fourth-order valence-corrected chi connectivity index (χ4v) is 1.28. The van der Waals surface area contributed by atoms with Crippen LogP contribution in [0.25, 0.3) is 16.5 Å². The Kier molecular flexibility index (Phi) is 4.13. The standard InChI is InChI=1S/C11H11N3O/c1-9-5-10(3-2-4-13-14-12)7-11(6-9)8-15/h2-3,5-8H,4H2,1H3. The van der Waals surface area contributed by atoms with Crippen molar-refractivity contribution >= 4 is 12.4 Å². The van der Waals surface area contributed by atoms with Gasteiger partial charge in [0.15, 0.2) is 0 Å². The van der Waals surface area contributed by atoms with Crippen LogP contribution in [-0.4, -0.2) is 12.8 Å². The number of carbonyl (C=O) groups is 1. The van der Waals surface area contributed by atoms with Gasteiger partial charge in [0.1, 0.15) is 6.29 Å². The number of nitrogens with zero attached hydrogens (tertiary/aromatic N) is 3. The highest BCUT2D eigenvalue weighted by molar-refractivity contribution is 5.76. The van der Waals surface area contributed by atoms with E-state index in [1.165, 1.54) is 0 Å². The van der Waals surface area contributed by atoms with Gasteiger partial charge in [-0.15, -0.1) is 0 Å². The summed E-state index contributed by atoms with van der Waals surface area (Å²) in [4.78, 5) is 13.2. The van der Waals surface area contributed by atoms with Crippen molar-refractivity contribution in [3.63, 3.8) is 0 Å². The van der Waals surface area contributed by atoms with E-state index in [2.05, 4.69) is 10.0 Å². The molecule has 0 N–H and O–H groups in total. The molecular weight excluding hydrogens is 190 g/mol. The second-order valence-corrected chi connectivity index (χ2v) is 3.11. The van der Waals surface area contributed by atoms with E-state index < -0.39 is 0 Å². The van der Waals surface area contributed by atoms with E-state index in [-0.39, 0.29) is 0 Å². The molecule has 4 heteroatoms. The smallest absolute Gasteiger partial charge is 0.150 e. The third-order valence-electron chi connectivity index (χ3n) is 1.82. The minimum Gasteiger partial charge on any atom is -0.298 e. The first kappa shape index (κ1) is 11.0. The predicted octanol–water partition coefficient (Wildman–Crippen LogP) is 3.13. The van der Waals surface area contributed by atoms with Crippen LogP contribution < -0.4 is 0 Å². The first-order valence-corrected chi connectivity index (χ1v) is 4.50. The Hall–Kier alpha value is -2.06. The Labute approximate surface area is 87.9 Å². The fourth-order valence-electron chi connectivity index (χ4n) is 1.28. The molecule has 4 nitrogen and oxygen atoms in total. The highest BCUT2D eigenvalue weighted by atomic mass is 16.1. The summed E-state index contributed by atoms with van der Waals surface area (Å²) in [5, 5.41) is 3.38. The van der Waals surface area contributed by atoms with Gasteiger partial charge in [0.2, 0.25) is 0 Å². The molecule has 0 amide bonds. The van der Waals surface area contributed by atoms with Crippen molar-refractivity contribution in [1.82, 2.24) is 0 Å². The zero-order valence-corrected chi connectivity index (χ0v) is 8.42. The van der Waals surface area contributed by atoms with Gasteiger partial charge in [-0.1, -0.05) is 23.3 Å². The molecule has 0 unspecified atom stereocenters. The first-order valence-electron chi connectivity index (χ1n) is 4.50. The lowest BCUT2D eigenvalue weighted by Gasteiger charge is -1.98. The highest BCUT2D eigenvalue weighted by Gasteiger charge is 1.94. The third kappa shape index (κ3) is 3.67. The molecule has 0 saturated carbocycles. The summed E-state index contributed by atoms with van der Waals surface area (Å²) in [6, 6.07) is 5.56. The number of hydrogen-bond donors (Lipinski definition) is 0. The largest absolute Gasteiger partial charge is 0.298 e. The summed E-state index contributed by atoms with van der Waals surface area (Å²) in [6.07, 6.45) is 4.40. The number of aldehydes is 1. The van der Waals surface area contributed by atoms with Crippen molar-refractivity contribution in [2.45, 2.75) is 6.92 Å². The van der Waals surface area contributed by atoms with E-state index in [1.54, 1.807) is 12.1 Å². The molecule has 0 atom stereocenters. The van der Waals surface area contributed by atoms with Crippen LogP contribution in [0.2, 0.25) is 0 Å². The zero-order valence-electron chi connectivity index (χ0n) is 8.42. The molecule has 1 aromatic rings. The molecule has 0 heterocycles. The molecule has 0 spiro atoms. The SMILES string of the molecule is Cc1cc(C=O)cc(C=CCN=[N+]=[N-])c1. The summed E-state index contributed by atoms with van der Waals surface area (Å²) >= 11 is 0. The van der Waals surface area contributed by atoms with Crippen molar-refractivity contribution in [3.05, 3.63) is 51.4 Å². The Morgan fingerprint density at radius 1 is 1.40 bits per heavy atom. The Morgan fingerprint density at radius 2 is 2.13 bits per heavy atom. The lowest BCUT2D eigenvalue weighted by molar-refractivity contribution is 0.112. The molecule has 1 rings (SSSR count). The quantitative estimate of drug-likeness (QED) is 0.319. The number of rotatable bonds is 4. The van der Waals surface area contributed by atoms with Gasteiger partial charge in [0, 0.05) is 17.0 Å². The highest BCUT2D eigenvalue weighted by Crippen LogP contribution is 2.09. The van der Waals surface area contributed by atoms with Crippen LogP contribution in [0.5, 0.6) is 0 Å². The number of carbonyl (C=O) groups excluding carboxylic acids is 1. The van der Waals surface area contributed by atoms with Gasteiger partial charge in [-0.05, 0) is 35.7 Å². The summed E-state index contributed by atoms with van der Waals surface area (Å²) in [6.45, 7) is 2.25. The summed E-state index contributed by atoms with van der Waals surface area (Å²) in [7, 11) is 0. The maximum Gasteiger partial charge on any atom is 0.150 e. The van der Waals surface area contributed by atoms with E-state index in [0.717, 1.165) is 17.4 Å². The maximum absolute atomic E-state index is 10.6. The van der Waals surface area contributed by atoms with Gasteiger partial charge in [-0.2, -0.15) is 0 Å². The molecule has 0 aliphatic carbocycles. The van der Waals surface area contributed by atoms with Crippen LogP contribution in [0.15, 0.2) is 29.4 Å². The molecule has 0 aromatic heterocycles.